The molecule has 0 atom stereocenters. The van der Waals surface area contributed by atoms with Crippen LogP contribution in [-0.4, -0.2) is 0 Å². The maximum Gasteiger partial charge on any atom is 0.211 e. The van der Waals surface area contributed by atoms with E-state index in [4.69, 9.17) is 0 Å². The molecule has 1 heterocycles. The van der Waals surface area contributed by atoms with Crippen molar-refractivity contribution in [2.45, 2.75) is 6.92 Å². The van der Waals surface area contributed by atoms with Gasteiger partial charge < -0.3 is 24.0 Å². The normalized spacial score (nSPS) is 9.21. The molecule has 0 saturated carbocycles. The number of H-pyrrole nitrogens is 1. The molecule has 0 unspecified atom stereocenters. The highest BCUT2D eigenvalue weighted by molar-refractivity contribution is 5.60. The van der Waals surface area contributed by atoms with E-state index in [9.17, 15) is 0 Å². The van der Waals surface area contributed by atoms with Crippen molar-refractivity contribution in [3.8, 4) is 11.3 Å². The summed E-state index contributed by atoms with van der Waals surface area (Å²) in [4.78, 5) is 3.23. The first kappa shape index (κ1) is 11.2. The number of nitrogens with one attached hydrogen (secondary N) is 1. The maximum absolute atomic E-state index is 3.23. The van der Waals surface area contributed by atoms with E-state index in [1.807, 2.05) is 18.3 Å². The van der Waals surface area contributed by atoms with Crippen LogP contribution in [0.1, 0.15) is 5.56 Å². The predicted octanol–water partition coefficient (Wildman–Crippen LogP) is -0.520. The van der Waals surface area contributed by atoms with Crippen LogP contribution in [0.3, 0.4) is 0 Å². The van der Waals surface area contributed by atoms with Gasteiger partial charge in [-0.05, 0) is 24.6 Å². The third-order valence-electron chi connectivity index (χ3n) is 2.14. The van der Waals surface area contributed by atoms with E-state index in [0.717, 1.165) is 0 Å². The second-order valence-electron chi connectivity index (χ2n) is 3.09. The molecule has 0 fully saturated rings. The lowest BCUT2D eigenvalue weighted by molar-refractivity contribution is -0.364. The molecule has 72 valence electrons. The molecule has 1 aromatic heterocycles. The predicted molar refractivity (Wildman–Crippen MR) is 53.2 cm³/mol. The summed E-state index contributed by atoms with van der Waals surface area (Å²) in [7, 11) is 0. The molecule has 0 aliphatic heterocycles. The maximum atomic E-state index is 3.23. The molecule has 2 rings (SSSR count). The molecule has 2 aromatic rings. The summed E-state index contributed by atoms with van der Waals surface area (Å²) in [5.74, 6) is 0. The lowest BCUT2D eigenvalue weighted by Crippen LogP contribution is -3.00. The molecule has 0 radical (unpaired) electrons. The third-order valence-corrected chi connectivity index (χ3v) is 2.14. The van der Waals surface area contributed by atoms with Gasteiger partial charge in [0.1, 0.15) is 0 Å². The summed E-state index contributed by atoms with van der Waals surface area (Å²) in [6, 6.07) is 14.5. The van der Waals surface area contributed by atoms with E-state index in [1.165, 1.54) is 16.8 Å². The Kier molecular flexibility index (Phi) is 4.07. The number of hydrogen-bond acceptors (Lipinski definition) is 0. The van der Waals surface area contributed by atoms with Crippen molar-refractivity contribution in [3.05, 3.63) is 54.2 Å². The molecule has 0 aliphatic rings. The average molecular weight is 297 g/mol. The van der Waals surface area contributed by atoms with Crippen molar-refractivity contribution in [2.75, 3.05) is 0 Å². The van der Waals surface area contributed by atoms with Crippen molar-refractivity contribution in [2.24, 2.45) is 0 Å². The van der Waals surface area contributed by atoms with Crippen molar-refractivity contribution >= 4 is 0 Å². The molecule has 1 aromatic carbocycles. The highest BCUT2D eigenvalue weighted by atomic mass is 127. The van der Waals surface area contributed by atoms with Crippen LogP contribution in [0, 0.1) is 6.92 Å². The molecule has 0 aliphatic carbocycles. The fourth-order valence-electron chi connectivity index (χ4n) is 1.44. The van der Waals surface area contributed by atoms with Gasteiger partial charge in [-0.3, -0.25) is 0 Å². The van der Waals surface area contributed by atoms with Crippen LogP contribution in [0.5, 0.6) is 0 Å². The molecular weight excluding hydrogens is 285 g/mol. The van der Waals surface area contributed by atoms with E-state index < -0.39 is 0 Å². The Morgan fingerprint density at radius 1 is 0.929 bits per heavy atom. The van der Waals surface area contributed by atoms with Crippen molar-refractivity contribution < 1.29 is 29.0 Å². The minimum Gasteiger partial charge on any atom is -1.00 e. The quantitative estimate of drug-likeness (QED) is 0.629. The van der Waals surface area contributed by atoms with Crippen molar-refractivity contribution in [1.82, 2.24) is 0 Å². The zero-order valence-electron chi connectivity index (χ0n) is 8.00. The van der Waals surface area contributed by atoms with Gasteiger partial charge in [-0.25, -0.2) is 4.98 Å². The van der Waals surface area contributed by atoms with E-state index in [2.05, 4.69) is 42.2 Å². The number of rotatable bonds is 1. The Bertz CT molecular complexity index is 398. The van der Waals surface area contributed by atoms with Gasteiger partial charge in [0.15, 0.2) is 6.20 Å². The molecule has 0 bridgehead atoms. The summed E-state index contributed by atoms with van der Waals surface area (Å²) >= 11 is 0. The molecule has 0 amide bonds. The number of pyridine rings is 1. The minimum atomic E-state index is 0. The lowest BCUT2D eigenvalue weighted by Gasteiger charge is -1.98. The zero-order valence-corrected chi connectivity index (χ0v) is 10.2. The summed E-state index contributed by atoms with van der Waals surface area (Å²) in [6.07, 6.45) is 1.95. The van der Waals surface area contributed by atoms with E-state index >= 15 is 0 Å². The fourth-order valence-corrected chi connectivity index (χ4v) is 1.44. The SMILES string of the molecule is Cc1ccccc1-c1cccc[nH+]1.[I-]. The van der Waals surface area contributed by atoms with Crippen LogP contribution < -0.4 is 29.0 Å². The first-order valence-corrected chi connectivity index (χ1v) is 4.40. The van der Waals surface area contributed by atoms with E-state index in [0.29, 0.717) is 0 Å². The summed E-state index contributed by atoms with van der Waals surface area (Å²) < 4.78 is 0. The number of benzene rings is 1. The number of halogens is 1. The third kappa shape index (κ3) is 2.32. The van der Waals surface area contributed by atoms with Gasteiger partial charge >= 0.3 is 0 Å². The highest BCUT2D eigenvalue weighted by Crippen LogP contribution is 2.17. The molecule has 1 nitrogen and oxygen atoms in total. The van der Waals surface area contributed by atoms with Crippen molar-refractivity contribution in [1.29, 1.82) is 0 Å². The Hall–Kier alpha value is -0.900. The Morgan fingerprint density at radius 3 is 2.29 bits per heavy atom. The highest BCUT2D eigenvalue weighted by Gasteiger charge is 2.04. The van der Waals surface area contributed by atoms with Crippen molar-refractivity contribution in [3.63, 3.8) is 0 Å². The lowest BCUT2D eigenvalue weighted by atomic mass is 10.1. The standard InChI is InChI=1S/C12H11N.HI/c1-10-6-2-3-7-11(10)12-8-4-5-9-13-12;/h2-9H,1H3;1H. The van der Waals surface area contributed by atoms with E-state index in [-0.39, 0.29) is 24.0 Å². The van der Waals surface area contributed by atoms with Gasteiger partial charge in [-0.2, -0.15) is 0 Å². The summed E-state index contributed by atoms with van der Waals surface area (Å²) in [5.41, 5.74) is 3.73. The topological polar surface area (TPSA) is 14.1 Å². The van der Waals surface area contributed by atoms with Crippen LogP contribution >= 0.6 is 0 Å². The Labute approximate surface area is 101 Å². The van der Waals surface area contributed by atoms with Crippen LogP contribution in [0.25, 0.3) is 11.3 Å². The van der Waals surface area contributed by atoms with Gasteiger partial charge in [-0.15, -0.1) is 0 Å². The fraction of sp³-hybridized carbons (Fsp3) is 0.0833. The Balaban J connectivity index is 0.000000980. The van der Waals surface area contributed by atoms with E-state index in [1.54, 1.807) is 0 Å². The summed E-state index contributed by atoms with van der Waals surface area (Å²) in [6.45, 7) is 2.12. The second kappa shape index (κ2) is 5.10. The number of aryl methyl sites for hydroxylation is 1. The second-order valence-corrected chi connectivity index (χ2v) is 3.09. The largest absolute Gasteiger partial charge is 1.00 e. The van der Waals surface area contributed by atoms with Gasteiger partial charge in [0.05, 0.1) is 0 Å². The zero-order chi connectivity index (χ0) is 9.10. The smallest absolute Gasteiger partial charge is 0.211 e. The first-order chi connectivity index (χ1) is 6.38. The number of aromatic amines is 1. The monoisotopic (exact) mass is 297 g/mol. The Morgan fingerprint density at radius 2 is 1.64 bits per heavy atom. The first-order valence-electron chi connectivity index (χ1n) is 4.40. The molecular formula is C12H12IN. The summed E-state index contributed by atoms with van der Waals surface area (Å²) in [5, 5.41) is 0. The average Bonchev–Trinajstić information content (AvgIpc) is 2.20. The van der Waals surface area contributed by atoms with Gasteiger partial charge in [0, 0.05) is 17.7 Å². The number of aromatic nitrogens is 1. The number of hydrogen-bond donors (Lipinski definition) is 0. The van der Waals surface area contributed by atoms with Gasteiger partial charge in [0.25, 0.3) is 0 Å². The van der Waals surface area contributed by atoms with Gasteiger partial charge in [-0.1, -0.05) is 18.2 Å². The molecule has 2 heteroatoms. The van der Waals surface area contributed by atoms with Crippen LogP contribution in [0.2, 0.25) is 0 Å². The minimum absolute atomic E-state index is 0. The molecule has 1 N–H and O–H groups in total. The molecule has 0 saturated heterocycles. The van der Waals surface area contributed by atoms with Crippen LogP contribution in [-0.2, 0) is 0 Å². The molecule has 14 heavy (non-hydrogen) atoms. The molecule has 0 spiro atoms. The van der Waals surface area contributed by atoms with Crippen LogP contribution in [0.15, 0.2) is 48.7 Å². The van der Waals surface area contributed by atoms with Gasteiger partial charge in [0.2, 0.25) is 5.69 Å². The van der Waals surface area contributed by atoms with Crippen LogP contribution in [0.4, 0.5) is 0 Å².